The summed E-state index contributed by atoms with van der Waals surface area (Å²) in [6.45, 7) is 1.54. The van der Waals surface area contributed by atoms with Crippen LogP contribution in [0, 0.1) is 5.92 Å². The molecule has 0 spiro atoms. The number of pyridine rings is 1. The van der Waals surface area contributed by atoms with E-state index in [2.05, 4.69) is 15.2 Å². The van der Waals surface area contributed by atoms with E-state index in [0.29, 0.717) is 12.6 Å². The highest BCUT2D eigenvalue weighted by molar-refractivity contribution is 5.74. The molecule has 114 valence electrons. The van der Waals surface area contributed by atoms with Gasteiger partial charge in [-0.1, -0.05) is 19.3 Å². The Bertz CT molecular complexity index is 452. The molecule has 0 bridgehead atoms. The first-order valence-corrected chi connectivity index (χ1v) is 8.26. The van der Waals surface area contributed by atoms with E-state index < -0.39 is 0 Å². The number of amides is 2. The minimum atomic E-state index is 0.116. The van der Waals surface area contributed by atoms with Crippen LogP contribution in [0.4, 0.5) is 4.79 Å². The highest BCUT2D eigenvalue weighted by Gasteiger charge is 2.31. The van der Waals surface area contributed by atoms with Gasteiger partial charge in [-0.05, 0) is 49.3 Å². The molecule has 2 aliphatic carbocycles. The lowest BCUT2D eigenvalue weighted by Gasteiger charge is -2.34. The topological polar surface area (TPSA) is 45.2 Å². The zero-order valence-electron chi connectivity index (χ0n) is 12.6. The van der Waals surface area contributed by atoms with E-state index in [0.717, 1.165) is 18.0 Å². The smallest absolute Gasteiger partial charge is 0.317 e. The number of carbonyl (C=O) groups excluding carboxylic acids is 1. The Kier molecular flexibility index (Phi) is 4.73. The van der Waals surface area contributed by atoms with Crippen LogP contribution in [0.15, 0.2) is 24.5 Å². The first-order valence-electron chi connectivity index (χ1n) is 8.26. The number of nitrogens with one attached hydrogen (secondary N) is 1. The van der Waals surface area contributed by atoms with Gasteiger partial charge in [-0.25, -0.2) is 4.79 Å². The fourth-order valence-corrected chi connectivity index (χ4v) is 3.15. The van der Waals surface area contributed by atoms with Crippen LogP contribution in [-0.2, 0) is 6.54 Å². The van der Waals surface area contributed by atoms with E-state index in [1.54, 1.807) is 12.4 Å². The molecule has 0 radical (unpaired) electrons. The lowest BCUT2D eigenvalue weighted by atomic mass is 9.94. The Balaban J connectivity index is 1.57. The molecule has 0 atom stereocenters. The Morgan fingerprint density at radius 1 is 1.14 bits per heavy atom. The SMILES string of the molecule is O=C(NCc1ccncc1)N(CC1CC1)C1CCCCC1. The number of rotatable bonds is 5. The van der Waals surface area contributed by atoms with Crippen molar-refractivity contribution in [3.05, 3.63) is 30.1 Å². The van der Waals surface area contributed by atoms with Crippen molar-refractivity contribution in [1.82, 2.24) is 15.2 Å². The van der Waals surface area contributed by atoms with Gasteiger partial charge in [0, 0.05) is 31.5 Å². The van der Waals surface area contributed by atoms with Gasteiger partial charge in [0.25, 0.3) is 0 Å². The number of hydrogen-bond donors (Lipinski definition) is 1. The molecule has 1 aromatic rings. The first-order chi connectivity index (χ1) is 10.3. The van der Waals surface area contributed by atoms with Gasteiger partial charge in [-0.2, -0.15) is 0 Å². The van der Waals surface area contributed by atoms with E-state index in [9.17, 15) is 4.79 Å². The Hall–Kier alpha value is -1.58. The average Bonchev–Trinajstić information content (AvgIpc) is 3.36. The summed E-state index contributed by atoms with van der Waals surface area (Å²) in [5, 5.41) is 3.09. The predicted molar refractivity (Wildman–Crippen MR) is 82.8 cm³/mol. The second-order valence-corrected chi connectivity index (χ2v) is 6.40. The van der Waals surface area contributed by atoms with Crippen molar-refractivity contribution in [3.8, 4) is 0 Å². The molecular weight excluding hydrogens is 262 g/mol. The summed E-state index contributed by atoms with van der Waals surface area (Å²) in [5.41, 5.74) is 1.10. The zero-order valence-corrected chi connectivity index (χ0v) is 12.6. The van der Waals surface area contributed by atoms with Crippen molar-refractivity contribution in [2.24, 2.45) is 5.92 Å². The lowest BCUT2D eigenvalue weighted by Crippen LogP contribution is -2.47. The highest BCUT2D eigenvalue weighted by atomic mass is 16.2. The summed E-state index contributed by atoms with van der Waals surface area (Å²) in [5.74, 6) is 0.749. The molecule has 0 unspecified atom stereocenters. The van der Waals surface area contributed by atoms with Gasteiger partial charge in [0.2, 0.25) is 0 Å². The maximum atomic E-state index is 12.6. The number of nitrogens with zero attached hydrogens (tertiary/aromatic N) is 2. The van der Waals surface area contributed by atoms with Gasteiger partial charge >= 0.3 is 6.03 Å². The monoisotopic (exact) mass is 287 g/mol. The van der Waals surface area contributed by atoms with E-state index in [4.69, 9.17) is 0 Å². The van der Waals surface area contributed by atoms with Gasteiger partial charge < -0.3 is 10.2 Å². The maximum absolute atomic E-state index is 12.6. The van der Waals surface area contributed by atoms with Crippen LogP contribution in [0.1, 0.15) is 50.5 Å². The van der Waals surface area contributed by atoms with E-state index >= 15 is 0 Å². The predicted octanol–water partition coefficient (Wildman–Crippen LogP) is 3.34. The fraction of sp³-hybridized carbons (Fsp3) is 0.647. The fourth-order valence-electron chi connectivity index (χ4n) is 3.15. The molecule has 2 aliphatic rings. The summed E-state index contributed by atoms with van der Waals surface area (Å²) >= 11 is 0. The Labute approximate surface area is 126 Å². The summed E-state index contributed by atoms with van der Waals surface area (Å²) < 4.78 is 0. The third-order valence-corrected chi connectivity index (χ3v) is 4.62. The van der Waals surface area contributed by atoms with Crippen LogP contribution in [0.2, 0.25) is 0 Å². The summed E-state index contributed by atoms with van der Waals surface area (Å²) in [7, 11) is 0. The molecule has 0 aromatic carbocycles. The van der Waals surface area contributed by atoms with Gasteiger partial charge in [0.15, 0.2) is 0 Å². The van der Waals surface area contributed by atoms with Crippen molar-refractivity contribution in [2.75, 3.05) is 6.54 Å². The molecular formula is C17H25N3O. The number of urea groups is 1. The standard InChI is InChI=1S/C17H25N3O/c21-17(19-12-14-8-10-18-11-9-14)20(13-15-6-7-15)16-4-2-1-3-5-16/h8-11,15-16H,1-7,12-13H2,(H,19,21). The first kappa shape index (κ1) is 14.4. The van der Waals surface area contributed by atoms with Crippen molar-refractivity contribution in [3.63, 3.8) is 0 Å². The normalized spacial score (nSPS) is 19.2. The maximum Gasteiger partial charge on any atom is 0.317 e. The van der Waals surface area contributed by atoms with Crippen LogP contribution >= 0.6 is 0 Å². The van der Waals surface area contributed by atoms with Crippen LogP contribution in [0.5, 0.6) is 0 Å². The molecule has 21 heavy (non-hydrogen) atoms. The van der Waals surface area contributed by atoms with Crippen molar-refractivity contribution in [2.45, 2.75) is 57.5 Å². The molecule has 0 saturated heterocycles. The van der Waals surface area contributed by atoms with Crippen LogP contribution in [0.3, 0.4) is 0 Å². The van der Waals surface area contributed by atoms with Crippen LogP contribution in [0.25, 0.3) is 0 Å². The minimum absolute atomic E-state index is 0.116. The van der Waals surface area contributed by atoms with Crippen molar-refractivity contribution < 1.29 is 4.79 Å². The number of carbonyl (C=O) groups is 1. The molecule has 3 rings (SSSR count). The van der Waals surface area contributed by atoms with Crippen molar-refractivity contribution >= 4 is 6.03 Å². The Morgan fingerprint density at radius 2 is 1.86 bits per heavy atom. The summed E-state index contributed by atoms with van der Waals surface area (Å²) in [4.78, 5) is 18.7. The number of hydrogen-bond acceptors (Lipinski definition) is 2. The molecule has 1 heterocycles. The molecule has 1 N–H and O–H groups in total. The largest absolute Gasteiger partial charge is 0.334 e. The molecule has 4 heteroatoms. The third-order valence-electron chi connectivity index (χ3n) is 4.62. The van der Waals surface area contributed by atoms with E-state index in [1.807, 2.05) is 12.1 Å². The van der Waals surface area contributed by atoms with Gasteiger partial charge in [0.05, 0.1) is 0 Å². The van der Waals surface area contributed by atoms with E-state index in [-0.39, 0.29) is 6.03 Å². The molecule has 1 aromatic heterocycles. The van der Waals surface area contributed by atoms with Crippen LogP contribution in [-0.4, -0.2) is 28.5 Å². The second kappa shape index (κ2) is 6.92. The Morgan fingerprint density at radius 3 is 2.52 bits per heavy atom. The van der Waals surface area contributed by atoms with Crippen molar-refractivity contribution in [1.29, 1.82) is 0 Å². The molecule has 2 amide bonds. The lowest BCUT2D eigenvalue weighted by molar-refractivity contribution is 0.151. The zero-order chi connectivity index (χ0) is 14.5. The average molecular weight is 287 g/mol. The summed E-state index contributed by atoms with van der Waals surface area (Å²) in [6.07, 6.45) is 12.3. The third kappa shape index (κ3) is 4.19. The molecule has 2 saturated carbocycles. The van der Waals surface area contributed by atoms with Crippen LogP contribution < -0.4 is 5.32 Å². The minimum Gasteiger partial charge on any atom is -0.334 e. The quantitative estimate of drug-likeness (QED) is 0.902. The molecule has 2 fully saturated rings. The van der Waals surface area contributed by atoms with E-state index in [1.165, 1.54) is 44.9 Å². The number of aromatic nitrogens is 1. The van der Waals surface area contributed by atoms with Gasteiger partial charge in [-0.3, -0.25) is 4.98 Å². The summed E-state index contributed by atoms with van der Waals surface area (Å²) in [6, 6.07) is 4.47. The molecule has 0 aliphatic heterocycles. The highest BCUT2D eigenvalue weighted by Crippen LogP contribution is 2.32. The molecule has 4 nitrogen and oxygen atoms in total. The van der Waals surface area contributed by atoms with Gasteiger partial charge in [-0.15, -0.1) is 0 Å². The van der Waals surface area contributed by atoms with Gasteiger partial charge in [0.1, 0.15) is 0 Å². The second-order valence-electron chi connectivity index (χ2n) is 6.40.